The van der Waals surface area contributed by atoms with Crippen molar-refractivity contribution >= 4 is 0 Å². The molecule has 0 aromatic carbocycles. The van der Waals surface area contributed by atoms with Crippen molar-refractivity contribution in [2.75, 3.05) is 6.54 Å². The lowest BCUT2D eigenvalue weighted by Gasteiger charge is -2.12. The highest BCUT2D eigenvalue weighted by molar-refractivity contribution is 5.04. The molecule has 0 radical (unpaired) electrons. The number of hydrogen-bond donors (Lipinski definition) is 2. The van der Waals surface area contributed by atoms with Gasteiger partial charge in [-0.1, -0.05) is 13.8 Å². The third-order valence-electron chi connectivity index (χ3n) is 1.85. The average molecular weight is 183 g/mol. The van der Waals surface area contributed by atoms with Gasteiger partial charge in [0, 0.05) is 19.3 Å². The van der Waals surface area contributed by atoms with Crippen LogP contribution in [0, 0.1) is 5.92 Å². The lowest BCUT2D eigenvalue weighted by Crippen LogP contribution is -2.18. The van der Waals surface area contributed by atoms with Crippen molar-refractivity contribution in [1.29, 1.82) is 0 Å². The van der Waals surface area contributed by atoms with Crippen LogP contribution in [0.25, 0.3) is 0 Å². The van der Waals surface area contributed by atoms with Gasteiger partial charge in [-0.05, 0) is 12.0 Å². The highest BCUT2D eigenvalue weighted by Gasteiger charge is 2.11. The Hall–Kier alpha value is -0.870. The highest BCUT2D eigenvalue weighted by atomic mass is 16.3. The standard InChI is InChI=1S/C9H17N3O/c1-7(2)6-12-8(3-4-11-12)9(13)5-10/h3-4,7,9,13H,5-6,10H2,1-2H3. The van der Waals surface area contributed by atoms with Gasteiger partial charge in [0.25, 0.3) is 0 Å². The molecule has 1 rings (SSSR count). The summed E-state index contributed by atoms with van der Waals surface area (Å²) >= 11 is 0. The second-order valence-electron chi connectivity index (χ2n) is 3.58. The molecule has 0 spiro atoms. The summed E-state index contributed by atoms with van der Waals surface area (Å²) < 4.78 is 1.81. The van der Waals surface area contributed by atoms with Crippen molar-refractivity contribution < 1.29 is 5.11 Å². The van der Waals surface area contributed by atoms with E-state index in [9.17, 15) is 5.11 Å². The fourth-order valence-electron chi connectivity index (χ4n) is 1.25. The maximum absolute atomic E-state index is 9.53. The first kappa shape index (κ1) is 10.2. The predicted molar refractivity (Wildman–Crippen MR) is 51.1 cm³/mol. The number of nitrogens with zero attached hydrogens (tertiary/aromatic N) is 2. The van der Waals surface area contributed by atoms with Gasteiger partial charge in [0.2, 0.25) is 0 Å². The van der Waals surface area contributed by atoms with Crippen LogP contribution in [-0.4, -0.2) is 21.4 Å². The summed E-state index contributed by atoms with van der Waals surface area (Å²) in [5.74, 6) is 0.517. The molecule has 0 aliphatic carbocycles. The molecule has 0 saturated heterocycles. The smallest absolute Gasteiger partial charge is 0.108 e. The quantitative estimate of drug-likeness (QED) is 0.715. The van der Waals surface area contributed by atoms with E-state index in [-0.39, 0.29) is 6.54 Å². The van der Waals surface area contributed by atoms with E-state index in [1.807, 2.05) is 4.68 Å². The molecule has 1 heterocycles. The number of hydrogen-bond acceptors (Lipinski definition) is 3. The molecule has 0 aliphatic heterocycles. The van der Waals surface area contributed by atoms with E-state index in [0.29, 0.717) is 5.92 Å². The summed E-state index contributed by atoms with van der Waals surface area (Å²) in [6.45, 7) is 5.28. The maximum Gasteiger partial charge on any atom is 0.108 e. The van der Waals surface area contributed by atoms with Crippen molar-refractivity contribution in [2.45, 2.75) is 26.5 Å². The second-order valence-corrected chi connectivity index (χ2v) is 3.58. The molecule has 1 atom stereocenters. The Labute approximate surface area is 78.4 Å². The van der Waals surface area contributed by atoms with E-state index in [4.69, 9.17) is 5.73 Å². The number of aromatic nitrogens is 2. The van der Waals surface area contributed by atoms with E-state index >= 15 is 0 Å². The van der Waals surface area contributed by atoms with E-state index in [1.165, 1.54) is 0 Å². The van der Waals surface area contributed by atoms with E-state index in [2.05, 4.69) is 18.9 Å². The van der Waals surface area contributed by atoms with Crippen LogP contribution in [0.1, 0.15) is 25.6 Å². The van der Waals surface area contributed by atoms with Gasteiger partial charge in [-0.25, -0.2) is 0 Å². The van der Waals surface area contributed by atoms with Gasteiger partial charge in [-0.2, -0.15) is 5.10 Å². The molecular weight excluding hydrogens is 166 g/mol. The van der Waals surface area contributed by atoms with Crippen molar-refractivity contribution in [3.8, 4) is 0 Å². The third kappa shape index (κ3) is 2.54. The van der Waals surface area contributed by atoms with Gasteiger partial charge in [-0.15, -0.1) is 0 Å². The molecule has 1 aromatic heterocycles. The molecule has 0 amide bonds. The van der Waals surface area contributed by atoms with Crippen LogP contribution >= 0.6 is 0 Å². The number of rotatable bonds is 4. The fraction of sp³-hybridized carbons (Fsp3) is 0.667. The Morgan fingerprint density at radius 3 is 2.85 bits per heavy atom. The second kappa shape index (κ2) is 4.39. The van der Waals surface area contributed by atoms with Crippen LogP contribution in [0.4, 0.5) is 0 Å². The van der Waals surface area contributed by atoms with Crippen molar-refractivity contribution in [1.82, 2.24) is 9.78 Å². The number of nitrogens with two attached hydrogens (primary N) is 1. The Bertz CT molecular complexity index is 257. The van der Waals surface area contributed by atoms with Crippen molar-refractivity contribution in [3.05, 3.63) is 18.0 Å². The zero-order valence-corrected chi connectivity index (χ0v) is 8.14. The molecule has 3 N–H and O–H groups in total. The van der Waals surface area contributed by atoms with Gasteiger partial charge in [0.05, 0.1) is 5.69 Å². The topological polar surface area (TPSA) is 64.1 Å². The van der Waals surface area contributed by atoms with Crippen LogP contribution in [0.15, 0.2) is 12.3 Å². The van der Waals surface area contributed by atoms with Gasteiger partial charge in [0.1, 0.15) is 6.10 Å². The van der Waals surface area contributed by atoms with Crippen molar-refractivity contribution in [2.24, 2.45) is 11.7 Å². The first-order chi connectivity index (χ1) is 6.15. The minimum Gasteiger partial charge on any atom is -0.385 e. The van der Waals surface area contributed by atoms with Gasteiger partial charge >= 0.3 is 0 Å². The zero-order valence-electron chi connectivity index (χ0n) is 8.14. The summed E-state index contributed by atoms with van der Waals surface area (Å²) in [7, 11) is 0. The molecule has 13 heavy (non-hydrogen) atoms. The summed E-state index contributed by atoms with van der Waals surface area (Å²) in [6.07, 6.45) is 1.09. The lowest BCUT2D eigenvalue weighted by atomic mass is 10.2. The SMILES string of the molecule is CC(C)Cn1nccc1C(O)CN. The Balaban J connectivity index is 2.76. The van der Waals surface area contributed by atoms with E-state index in [1.54, 1.807) is 12.3 Å². The van der Waals surface area contributed by atoms with Crippen LogP contribution in [0.3, 0.4) is 0 Å². The molecule has 0 fully saturated rings. The third-order valence-corrected chi connectivity index (χ3v) is 1.85. The minimum absolute atomic E-state index is 0.240. The van der Waals surface area contributed by atoms with Gasteiger partial charge < -0.3 is 10.8 Å². The summed E-state index contributed by atoms with van der Waals surface area (Å²) in [6, 6.07) is 1.81. The largest absolute Gasteiger partial charge is 0.385 e. The van der Waals surface area contributed by atoms with Gasteiger partial charge in [0.15, 0.2) is 0 Å². The predicted octanol–water partition coefficient (Wildman–Crippen LogP) is 0.531. The molecule has 74 valence electrons. The monoisotopic (exact) mass is 183 g/mol. The molecule has 0 aliphatic rings. The lowest BCUT2D eigenvalue weighted by molar-refractivity contribution is 0.173. The fourth-order valence-corrected chi connectivity index (χ4v) is 1.25. The number of aliphatic hydroxyl groups is 1. The molecule has 0 bridgehead atoms. The normalized spacial score (nSPS) is 13.6. The molecule has 1 unspecified atom stereocenters. The molecular formula is C9H17N3O. The Morgan fingerprint density at radius 1 is 1.62 bits per heavy atom. The van der Waals surface area contributed by atoms with Crippen molar-refractivity contribution in [3.63, 3.8) is 0 Å². The first-order valence-corrected chi connectivity index (χ1v) is 4.55. The molecule has 1 aromatic rings. The highest BCUT2D eigenvalue weighted by Crippen LogP contribution is 2.12. The van der Waals surface area contributed by atoms with Crippen LogP contribution in [0.5, 0.6) is 0 Å². The Morgan fingerprint density at radius 2 is 2.31 bits per heavy atom. The average Bonchev–Trinajstić information content (AvgIpc) is 2.50. The van der Waals surface area contributed by atoms with Crippen LogP contribution < -0.4 is 5.73 Å². The Kier molecular flexibility index (Phi) is 3.45. The molecule has 4 heteroatoms. The zero-order chi connectivity index (χ0) is 9.84. The summed E-state index contributed by atoms with van der Waals surface area (Å²) in [4.78, 5) is 0. The molecule has 4 nitrogen and oxygen atoms in total. The summed E-state index contributed by atoms with van der Waals surface area (Å²) in [5.41, 5.74) is 6.17. The van der Waals surface area contributed by atoms with Crippen LogP contribution in [-0.2, 0) is 6.54 Å². The van der Waals surface area contributed by atoms with E-state index < -0.39 is 6.10 Å². The van der Waals surface area contributed by atoms with Crippen LogP contribution in [0.2, 0.25) is 0 Å². The summed E-state index contributed by atoms with van der Waals surface area (Å²) in [5, 5.41) is 13.7. The first-order valence-electron chi connectivity index (χ1n) is 4.55. The van der Waals surface area contributed by atoms with Gasteiger partial charge in [-0.3, -0.25) is 4.68 Å². The molecule has 0 saturated carbocycles. The number of aliphatic hydroxyl groups excluding tert-OH is 1. The minimum atomic E-state index is -0.596. The maximum atomic E-state index is 9.53. The van der Waals surface area contributed by atoms with E-state index in [0.717, 1.165) is 12.2 Å².